The molecule has 0 amide bonds. The predicted octanol–water partition coefficient (Wildman–Crippen LogP) is 2.24. The molecule has 0 radical (unpaired) electrons. The number of aromatic nitrogens is 2. The van der Waals surface area contributed by atoms with Gasteiger partial charge in [0.2, 0.25) is 0 Å². The van der Waals surface area contributed by atoms with Crippen LogP contribution in [0.25, 0.3) is 0 Å². The fourth-order valence-electron chi connectivity index (χ4n) is 2.96. The van der Waals surface area contributed by atoms with E-state index in [1.54, 1.807) is 14.0 Å². The van der Waals surface area contributed by atoms with Crippen molar-refractivity contribution in [3.8, 4) is 0 Å². The molecule has 1 N–H and O–H groups in total. The third-order valence-corrected chi connectivity index (χ3v) is 6.51. The topological polar surface area (TPSA) is 72.2 Å². The summed E-state index contributed by atoms with van der Waals surface area (Å²) in [6.07, 6.45) is 2.84. The molecule has 0 aromatic carbocycles. The van der Waals surface area contributed by atoms with Crippen LogP contribution < -0.4 is 0 Å². The SMILES string of the molecule is Cc1nn(C)c(Cl)c1CS(=O)(=O)CC1(O)CCC(C)CC1. The summed E-state index contributed by atoms with van der Waals surface area (Å²) in [5.41, 5.74) is 0.0655. The van der Waals surface area contributed by atoms with E-state index in [9.17, 15) is 13.5 Å². The molecule has 1 aromatic rings. The molecule has 5 nitrogen and oxygen atoms in total. The van der Waals surface area contributed by atoms with Crippen LogP contribution in [-0.4, -0.2) is 34.7 Å². The van der Waals surface area contributed by atoms with Crippen molar-refractivity contribution in [2.75, 3.05) is 5.75 Å². The van der Waals surface area contributed by atoms with Gasteiger partial charge in [0.05, 0.1) is 22.8 Å². The first-order valence-corrected chi connectivity index (χ1v) is 9.43. The van der Waals surface area contributed by atoms with Crippen molar-refractivity contribution in [2.45, 2.75) is 50.9 Å². The average Bonchev–Trinajstić information content (AvgIpc) is 2.59. The zero-order valence-corrected chi connectivity index (χ0v) is 14.3. The molecule has 120 valence electrons. The Morgan fingerprint density at radius 3 is 2.48 bits per heavy atom. The van der Waals surface area contributed by atoms with Crippen molar-refractivity contribution in [1.29, 1.82) is 0 Å². The van der Waals surface area contributed by atoms with E-state index in [4.69, 9.17) is 11.6 Å². The molecule has 0 saturated heterocycles. The molecule has 0 unspecified atom stereocenters. The number of nitrogens with zero attached hydrogens (tertiary/aromatic N) is 2. The van der Waals surface area contributed by atoms with Crippen LogP contribution in [0.15, 0.2) is 0 Å². The van der Waals surface area contributed by atoms with Crippen LogP contribution in [0.1, 0.15) is 43.9 Å². The minimum atomic E-state index is -3.43. The van der Waals surface area contributed by atoms with Crippen LogP contribution >= 0.6 is 11.6 Å². The summed E-state index contributed by atoms with van der Waals surface area (Å²) in [6.45, 7) is 3.88. The highest BCUT2D eigenvalue weighted by Crippen LogP contribution is 2.33. The van der Waals surface area contributed by atoms with E-state index in [1.807, 2.05) is 0 Å². The van der Waals surface area contributed by atoms with Crippen LogP contribution in [0, 0.1) is 12.8 Å². The van der Waals surface area contributed by atoms with Crippen molar-refractivity contribution < 1.29 is 13.5 Å². The Kier molecular flexibility index (Phi) is 4.71. The number of hydrogen-bond donors (Lipinski definition) is 1. The third kappa shape index (κ3) is 3.99. The zero-order valence-electron chi connectivity index (χ0n) is 12.8. The van der Waals surface area contributed by atoms with Gasteiger partial charge in [-0.3, -0.25) is 4.68 Å². The number of hydrogen-bond acceptors (Lipinski definition) is 4. The minimum absolute atomic E-state index is 0.163. The molecule has 7 heteroatoms. The lowest BCUT2D eigenvalue weighted by molar-refractivity contribution is 0.0135. The van der Waals surface area contributed by atoms with Crippen LogP contribution in [0.3, 0.4) is 0 Å². The summed E-state index contributed by atoms with van der Waals surface area (Å²) >= 11 is 6.09. The van der Waals surface area contributed by atoms with Gasteiger partial charge in [-0.2, -0.15) is 5.10 Å². The van der Waals surface area contributed by atoms with Gasteiger partial charge in [0.15, 0.2) is 9.84 Å². The second-order valence-corrected chi connectivity index (χ2v) is 8.84. The Labute approximate surface area is 131 Å². The predicted molar refractivity (Wildman–Crippen MR) is 83.0 cm³/mol. The number of sulfone groups is 1. The van der Waals surface area contributed by atoms with Crippen molar-refractivity contribution >= 4 is 21.4 Å². The van der Waals surface area contributed by atoms with Crippen molar-refractivity contribution in [1.82, 2.24) is 9.78 Å². The standard InChI is InChI=1S/C14H23ClN2O3S/c1-10-4-6-14(18,7-5-10)9-21(19,20)8-12-11(2)16-17(3)13(12)15/h10,18H,4-9H2,1-3H3. The highest BCUT2D eigenvalue weighted by molar-refractivity contribution is 7.90. The van der Waals surface area contributed by atoms with Gasteiger partial charge in [0, 0.05) is 12.6 Å². The van der Waals surface area contributed by atoms with Gasteiger partial charge in [-0.25, -0.2) is 8.42 Å². The van der Waals surface area contributed by atoms with E-state index in [0.29, 0.717) is 35.2 Å². The average molecular weight is 335 g/mol. The fraction of sp³-hybridized carbons (Fsp3) is 0.786. The molecule has 1 fully saturated rings. The number of rotatable bonds is 4. The van der Waals surface area contributed by atoms with E-state index in [2.05, 4.69) is 12.0 Å². The van der Waals surface area contributed by atoms with Gasteiger partial charge < -0.3 is 5.11 Å². The lowest BCUT2D eigenvalue weighted by Crippen LogP contribution is -2.40. The molecule has 1 saturated carbocycles. The van der Waals surface area contributed by atoms with Crippen LogP contribution in [0.2, 0.25) is 5.15 Å². The highest BCUT2D eigenvalue weighted by Gasteiger charge is 2.36. The maximum absolute atomic E-state index is 12.4. The molecule has 0 bridgehead atoms. The quantitative estimate of drug-likeness (QED) is 0.916. The summed E-state index contributed by atoms with van der Waals surface area (Å²) in [4.78, 5) is 0. The maximum Gasteiger partial charge on any atom is 0.157 e. The van der Waals surface area contributed by atoms with Gasteiger partial charge in [0.1, 0.15) is 5.15 Å². The smallest absolute Gasteiger partial charge is 0.157 e. The largest absolute Gasteiger partial charge is 0.389 e. The highest BCUT2D eigenvalue weighted by atomic mass is 35.5. The molecule has 1 heterocycles. The van der Waals surface area contributed by atoms with Crippen molar-refractivity contribution in [3.05, 3.63) is 16.4 Å². The van der Waals surface area contributed by atoms with Crippen molar-refractivity contribution in [2.24, 2.45) is 13.0 Å². The summed E-state index contributed by atoms with van der Waals surface area (Å²) in [5.74, 6) is 0.198. The molecule has 0 atom stereocenters. The molecule has 0 aliphatic heterocycles. The second-order valence-electron chi connectivity index (χ2n) is 6.42. The number of aryl methyl sites for hydroxylation is 2. The third-order valence-electron chi connectivity index (χ3n) is 4.33. The molecule has 2 rings (SSSR count). The summed E-state index contributed by atoms with van der Waals surface area (Å²) in [5, 5.41) is 15.0. The lowest BCUT2D eigenvalue weighted by Gasteiger charge is -2.34. The van der Waals surface area contributed by atoms with Gasteiger partial charge >= 0.3 is 0 Å². The molecular weight excluding hydrogens is 312 g/mol. The van der Waals surface area contributed by atoms with Gasteiger partial charge in [-0.05, 0) is 38.5 Å². The molecule has 1 aliphatic carbocycles. The van der Waals surface area contributed by atoms with Gasteiger partial charge in [-0.15, -0.1) is 0 Å². The minimum Gasteiger partial charge on any atom is -0.389 e. The van der Waals surface area contributed by atoms with Gasteiger partial charge in [0.25, 0.3) is 0 Å². The Hall–Kier alpha value is -0.590. The van der Waals surface area contributed by atoms with E-state index in [0.717, 1.165) is 12.8 Å². The maximum atomic E-state index is 12.4. The van der Waals surface area contributed by atoms with Crippen LogP contribution in [0.5, 0.6) is 0 Å². The first-order valence-electron chi connectivity index (χ1n) is 7.23. The van der Waals surface area contributed by atoms with Gasteiger partial charge in [-0.1, -0.05) is 18.5 Å². The number of halogens is 1. The Morgan fingerprint density at radius 2 is 2.00 bits per heavy atom. The van der Waals surface area contributed by atoms with E-state index >= 15 is 0 Å². The molecular formula is C14H23ClN2O3S. The molecule has 0 spiro atoms. The first kappa shape index (κ1) is 16.8. The Bertz CT molecular complexity index is 616. The van der Waals surface area contributed by atoms with E-state index in [1.165, 1.54) is 4.68 Å². The zero-order chi connectivity index (χ0) is 15.8. The number of aliphatic hydroxyl groups is 1. The summed E-state index contributed by atoms with van der Waals surface area (Å²) in [7, 11) is -1.75. The van der Waals surface area contributed by atoms with Crippen molar-refractivity contribution in [3.63, 3.8) is 0 Å². The molecule has 1 aromatic heterocycles. The fourth-order valence-corrected chi connectivity index (χ4v) is 5.28. The normalized spacial score (nSPS) is 27.0. The first-order chi connectivity index (χ1) is 9.62. The molecule has 21 heavy (non-hydrogen) atoms. The Morgan fingerprint density at radius 1 is 1.43 bits per heavy atom. The monoisotopic (exact) mass is 334 g/mol. The Balaban J connectivity index is 2.12. The van der Waals surface area contributed by atoms with Crippen LogP contribution in [0.4, 0.5) is 0 Å². The summed E-state index contributed by atoms with van der Waals surface area (Å²) < 4.78 is 26.3. The second kappa shape index (κ2) is 5.89. The van der Waals surface area contributed by atoms with E-state index in [-0.39, 0.29) is 11.5 Å². The molecule has 1 aliphatic rings. The van der Waals surface area contributed by atoms with E-state index < -0.39 is 15.4 Å². The van der Waals surface area contributed by atoms with Crippen LogP contribution in [-0.2, 0) is 22.6 Å². The summed E-state index contributed by atoms with van der Waals surface area (Å²) in [6, 6.07) is 0. The lowest BCUT2D eigenvalue weighted by atomic mass is 9.81.